The highest BCUT2D eigenvalue weighted by molar-refractivity contribution is 9.10. The van der Waals surface area contributed by atoms with Crippen LogP contribution in [0.15, 0.2) is 34.8 Å². The molecular formula is C14H14BrClFNS. The Bertz CT molecular complexity index is 521. The predicted molar refractivity (Wildman–Crippen MR) is 83.6 cm³/mol. The molecule has 1 heterocycles. The molecule has 1 nitrogen and oxygen atoms in total. The van der Waals surface area contributed by atoms with Gasteiger partial charge in [0.05, 0.1) is 6.04 Å². The normalized spacial score (nSPS) is 12.6. The van der Waals surface area contributed by atoms with E-state index in [9.17, 15) is 4.39 Å². The Morgan fingerprint density at radius 3 is 2.58 bits per heavy atom. The van der Waals surface area contributed by atoms with Crippen molar-refractivity contribution in [2.45, 2.75) is 19.4 Å². The minimum absolute atomic E-state index is 0.0503. The summed E-state index contributed by atoms with van der Waals surface area (Å²) >= 11 is 11.1. The van der Waals surface area contributed by atoms with Crippen LogP contribution >= 0.6 is 38.9 Å². The molecule has 0 aliphatic rings. The van der Waals surface area contributed by atoms with E-state index in [2.05, 4.69) is 28.2 Å². The van der Waals surface area contributed by atoms with Crippen LogP contribution in [0.2, 0.25) is 4.34 Å². The van der Waals surface area contributed by atoms with Crippen molar-refractivity contribution in [3.05, 3.63) is 55.4 Å². The Labute approximate surface area is 129 Å². The minimum atomic E-state index is -0.219. The summed E-state index contributed by atoms with van der Waals surface area (Å²) in [7, 11) is 0. The fourth-order valence-corrected chi connectivity index (χ4v) is 3.67. The van der Waals surface area contributed by atoms with Crippen molar-refractivity contribution in [2.75, 3.05) is 6.54 Å². The lowest BCUT2D eigenvalue weighted by Gasteiger charge is -2.17. The molecule has 0 fully saturated rings. The summed E-state index contributed by atoms with van der Waals surface area (Å²) in [5.41, 5.74) is 1.04. The lowest BCUT2D eigenvalue weighted by Crippen LogP contribution is -2.22. The first-order chi connectivity index (χ1) is 9.11. The average molecular weight is 363 g/mol. The number of rotatable bonds is 5. The van der Waals surface area contributed by atoms with Crippen LogP contribution < -0.4 is 5.32 Å². The van der Waals surface area contributed by atoms with Crippen LogP contribution in [0.3, 0.4) is 0 Å². The van der Waals surface area contributed by atoms with Crippen LogP contribution in [0.5, 0.6) is 0 Å². The second kappa shape index (κ2) is 6.84. The Balaban J connectivity index is 2.32. The summed E-state index contributed by atoms with van der Waals surface area (Å²) in [4.78, 5) is 1.12. The molecule has 1 atom stereocenters. The van der Waals surface area contributed by atoms with Crippen molar-refractivity contribution < 1.29 is 4.39 Å². The maximum absolute atomic E-state index is 13.0. The lowest BCUT2D eigenvalue weighted by molar-refractivity contribution is 0.599. The summed E-state index contributed by atoms with van der Waals surface area (Å²) in [6, 6.07) is 8.66. The van der Waals surface area contributed by atoms with Crippen LogP contribution in [0, 0.1) is 5.82 Å². The fraction of sp³-hybridized carbons (Fsp3) is 0.286. The molecule has 0 spiro atoms. The molecule has 1 N–H and O–H groups in total. The van der Waals surface area contributed by atoms with Crippen LogP contribution in [0.25, 0.3) is 0 Å². The standard InChI is InChI=1S/C14H14BrClFNS/c1-2-7-18-13(9-3-5-10(17)6-4-9)12-8-11(15)14(16)19-12/h3-6,8,13,18H,2,7H2,1H3. The van der Waals surface area contributed by atoms with Gasteiger partial charge in [-0.1, -0.05) is 30.7 Å². The van der Waals surface area contributed by atoms with Gasteiger partial charge in [0.15, 0.2) is 0 Å². The zero-order chi connectivity index (χ0) is 13.8. The van der Waals surface area contributed by atoms with Crippen molar-refractivity contribution in [3.8, 4) is 0 Å². The van der Waals surface area contributed by atoms with Crippen LogP contribution in [0.4, 0.5) is 4.39 Å². The quantitative estimate of drug-likeness (QED) is 0.751. The summed E-state index contributed by atoms with van der Waals surface area (Å²) in [5, 5.41) is 3.47. The fourth-order valence-electron chi connectivity index (χ4n) is 1.83. The number of hydrogen-bond donors (Lipinski definition) is 1. The van der Waals surface area contributed by atoms with Gasteiger partial charge in [-0.25, -0.2) is 4.39 Å². The Kier molecular flexibility index (Phi) is 5.39. The topological polar surface area (TPSA) is 12.0 Å². The Hall–Kier alpha value is -0.420. The number of halogens is 3. The Morgan fingerprint density at radius 1 is 1.37 bits per heavy atom. The summed E-state index contributed by atoms with van der Waals surface area (Å²) in [5.74, 6) is -0.219. The average Bonchev–Trinajstić information content (AvgIpc) is 2.72. The molecule has 0 saturated heterocycles. The third-order valence-corrected chi connectivity index (χ3v) is 5.29. The third kappa shape index (κ3) is 3.78. The van der Waals surface area contributed by atoms with E-state index in [1.807, 2.05) is 18.2 Å². The molecule has 0 bridgehead atoms. The number of hydrogen-bond acceptors (Lipinski definition) is 2. The van der Waals surface area contributed by atoms with Gasteiger partial charge in [0.2, 0.25) is 0 Å². The second-order valence-corrected chi connectivity index (χ2v) is 6.75. The van der Waals surface area contributed by atoms with Gasteiger partial charge in [0.25, 0.3) is 0 Å². The van der Waals surface area contributed by atoms with Gasteiger partial charge >= 0.3 is 0 Å². The minimum Gasteiger partial charge on any atom is -0.306 e. The molecule has 102 valence electrons. The first kappa shape index (κ1) is 15.0. The summed E-state index contributed by atoms with van der Waals surface area (Å²) in [6.45, 7) is 3.02. The molecule has 19 heavy (non-hydrogen) atoms. The molecule has 1 unspecified atom stereocenters. The van der Waals surface area contributed by atoms with Crippen molar-refractivity contribution in [1.29, 1.82) is 0 Å². The highest BCUT2D eigenvalue weighted by atomic mass is 79.9. The van der Waals surface area contributed by atoms with E-state index in [0.29, 0.717) is 0 Å². The smallest absolute Gasteiger partial charge is 0.123 e. The van der Waals surface area contributed by atoms with Gasteiger partial charge in [0, 0.05) is 9.35 Å². The van der Waals surface area contributed by atoms with Gasteiger partial charge in [-0.05, 0) is 52.7 Å². The molecular weight excluding hydrogens is 349 g/mol. The zero-order valence-electron chi connectivity index (χ0n) is 10.4. The third-order valence-electron chi connectivity index (χ3n) is 2.75. The number of thiophene rings is 1. The number of nitrogens with one attached hydrogen (secondary N) is 1. The van der Waals surface area contributed by atoms with Crippen LogP contribution in [-0.2, 0) is 0 Å². The summed E-state index contributed by atoms with van der Waals surface area (Å²) in [6.07, 6.45) is 1.04. The van der Waals surface area contributed by atoms with Gasteiger partial charge in [-0.2, -0.15) is 0 Å². The van der Waals surface area contributed by atoms with E-state index < -0.39 is 0 Å². The predicted octanol–water partition coefficient (Wildman–Crippen LogP) is 5.39. The molecule has 5 heteroatoms. The molecule has 0 radical (unpaired) electrons. The van der Waals surface area contributed by atoms with Crippen molar-refractivity contribution in [1.82, 2.24) is 5.32 Å². The number of benzene rings is 1. The maximum atomic E-state index is 13.0. The maximum Gasteiger partial charge on any atom is 0.123 e. The van der Waals surface area contributed by atoms with Gasteiger partial charge in [-0.15, -0.1) is 11.3 Å². The van der Waals surface area contributed by atoms with Crippen molar-refractivity contribution >= 4 is 38.9 Å². The van der Waals surface area contributed by atoms with Gasteiger partial charge < -0.3 is 5.32 Å². The first-order valence-corrected chi connectivity index (χ1v) is 8.04. The molecule has 2 aromatic rings. The van der Waals surface area contributed by atoms with E-state index in [1.165, 1.54) is 23.5 Å². The molecule has 2 rings (SSSR count). The SMILES string of the molecule is CCCNC(c1ccc(F)cc1)c1cc(Br)c(Cl)s1. The van der Waals surface area contributed by atoms with Gasteiger partial charge in [0.1, 0.15) is 10.2 Å². The van der Waals surface area contributed by atoms with E-state index in [1.54, 1.807) is 0 Å². The second-order valence-electron chi connectivity index (χ2n) is 4.21. The first-order valence-electron chi connectivity index (χ1n) is 6.05. The monoisotopic (exact) mass is 361 g/mol. The van der Waals surface area contributed by atoms with Crippen LogP contribution in [0.1, 0.15) is 29.8 Å². The van der Waals surface area contributed by atoms with E-state index in [0.717, 1.165) is 32.2 Å². The van der Waals surface area contributed by atoms with Crippen LogP contribution in [-0.4, -0.2) is 6.54 Å². The van der Waals surface area contributed by atoms with Crippen molar-refractivity contribution in [3.63, 3.8) is 0 Å². The Morgan fingerprint density at radius 2 is 2.05 bits per heavy atom. The van der Waals surface area contributed by atoms with E-state index in [4.69, 9.17) is 11.6 Å². The molecule has 1 aromatic heterocycles. The molecule has 1 aromatic carbocycles. The van der Waals surface area contributed by atoms with Gasteiger partial charge in [-0.3, -0.25) is 0 Å². The van der Waals surface area contributed by atoms with E-state index >= 15 is 0 Å². The molecule has 0 aliphatic carbocycles. The molecule has 0 amide bonds. The zero-order valence-corrected chi connectivity index (χ0v) is 13.6. The molecule has 0 aliphatic heterocycles. The molecule has 0 saturated carbocycles. The van der Waals surface area contributed by atoms with E-state index in [-0.39, 0.29) is 11.9 Å². The largest absolute Gasteiger partial charge is 0.306 e. The van der Waals surface area contributed by atoms with Crippen molar-refractivity contribution in [2.24, 2.45) is 0 Å². The highest BCUT2D eigenvalue weighted by Gasteiger charge is 2.17. The lowest BCUT2D eigenvalue weighted by atomic mass is 10.1. The highest BCUT2D eigenvalue weighted by Crippen LogP contribution is 2.37. The summed E-state index contributed by atoms with van der Waals surface area (Å²) < 4.78 is 14.7.